The van der Waals surface area contributed by atoms with Crippen molar-refractivity contribution >= 4 is 5.97 Å². The van der Waals surface area contributed by atoms with Gasteiger partial charge in [0.15, 0.2) is 0 Å². The summed E-state index contributed by atoms with van der Waals surface area (Å²) in [5, 5.41) is 0. The van der Waals surface area contributed by atoms with Crippen LogP contribution in [0.4, 0.5) is 0 Å². The fourth-order valence-electron chi connectivity index (χ4n) is 1.41. The van der Waals surface area contributed by atoms with Gasteiger partial charge in [0.2, 0.25) is 0 Å². The number of ether oxygens (including phenoxy) is 1. The number of rotatable bonds is 6. The summed E-state index contributed by atoms with van der Waals surface area (Å²) in [7, 11) is 0. The first kappa shape index (κ1) is 14.4. The maximum absolute atomic E-state index is 11.8. The molecule has 0 aromatic rings. The average Bonchev–Trinajstić information content (AvgIpc) is 2.15. The van der Waals surface area contributed by atoms with Gasteiger partial charge in [-0.05, 0) is 32.6 Å². The molecule has 90 valence electrons. The third kappa shape index (κ3) is 4.65. The molecule has 0 radical (unpaired) electrons. The highest BCUT2D eigenvalue weighted by Crippen LogP contribution is 2.22. The van der Waals surface area contributed by atoms with Crippen molar-refractivity contribution in [1.82, 2.24) is 0 Å². The van der Waals surface area contributed by atoms with Gasteiger partial charge in [-0.2, -0.15) is 0 Å². The lowest BCUT2D eigenvalue weighted by Crippen LogP contribution is -2.38. The summed E-state index contributed by atoms with van der Waals surface area (Å²) in [6.07, 6.45) is 1.60. The number of carbonyl (C=O) groups excluding carboxylic acids is 1. The Morgan fingerprint density at radius 1 is 1.40 bits per heavy atom. The second-order valence-electron chi connectivity index (χ2n) is 4.96. The van der Waals surface area contributed by atoms with Crippen molar-refractivity contribution in [1.29, 1.82) is 0 Å². The summed E-state index contributed by atoms with van der Waals surface area (Å²) in [6, 6.07) is 0. The average molecular weight is 215 g/mol. The Balaban J connectivity index is 4.23. The monoisotopic (exact) mass is 215 g/mol. The van der Waals surface area contributed by atoms with Crippen LogP contribution in [0.15, 0.2) is 0 Å². The van der Waals surface area contributed by atoms with Gasteiger partial charge in [0.05, 0.1) is 11.5 Å². The van der Waals surface area contributed by atoms with E-state index >= 15 is 0 Å². The molecule has 0 aromatic heterocycles. The third-order valence-electron chi connectivity index (χ3n) is 2.84. The molecule has 3 nitrogen and oxygen atoms in total. The maximum atomic E-state index is 11.8. The summed E-state index contributed by atoms with van der Waals surface area (Å²) in [5.74, 6) is 0.374. The third-order valence-corrected chi connectivity index (χ3v) is 2.84. The van der Waals surface area contributed by atoms with Crippen LogP contribution in [0.3, 0.4) is 0 Å². The van der Waals surface area contributed by atoms with Crippen molar-refractivity contribution in [2.24, 2.45) is 17.1 Å². The molecule has 3 heteroatoms. The summed E-state index contributed by atoms with van der Waals surface area (Å²) < 4.78 is 5.39. The van der Waals surface area contributed by atoms with Crippen molar-refractivity contribution in [2.45, 2.75) is 53.6 Å². The van der Waals surface area contributed by atoms with Crippen LogP contribution in [0.5, 0.6) is 0 Å². The second-order valence-corrected chi connectivity index (χ2v) is 4.96. The van der Waals surface area contributed by atoms with Crippen LogP contribution in [-0.2, 0) is 9.53 Å². The van der Waals surface area contributed by atoms with E-state index in [0.29, 0.717) is 12.5 Å². The molecular weight excluding hydrogens is 190 g/mol. The zero-order valence-corrected chi connectivity index (χ0v) is 10.7. The van der Waals surface area contributed by atoms with Gasteiger partial charge in [-0.3, -0.25) is 4.79 Å². The lowest BCUT2D eigenvalue weighted by atomic mass is 9.88. The Hall–Kier alpha value is -0.570. The van der Waals surface area contributed by atoms with E-state index in [1.54, 1.807) is 0 Å². The first-order valence-corrected chi connectivity index (χ1v) is 5.76. The molecular formula is C12H25NO2. The topological polar surface area (TPSA) is 52.3 Å². The number of carbonyl (C=O) groups is 1. The fourth-order valence-corrected chi connectivity index (χ4v) is 1.41. The minimum absolute atomic E-state index is 0.0186. The summed E-state index contributed by atoms with van der Waals surface area (Å²) >= 11 is 0. The Labute approximate surface area is 93.4 Å². The molecule has 0 aromatic carbocycles. The van der Waals surface area contributed by atoms with Gasteiger partial charge in [0.25, 0.3) is 0 Å². The van der Waals surface area contributed by atoms with Crippen LogP contribution in [0.2, 0.25) is 0 Å². The van der Waals surface area contributed by atoms with Gasteiger partial charge in [-0.25, -0.2) is 0 Å². The Bertz CT molecular complexity index is 198. The van der Waals surface area contributed by atoms with Crippen LogP contribution in [-0.4, -0.2) is 18.6 Å². The number of hydrogen-bond donors (Lipinski definition) is 1. The number of esters is 1. The van der Waals surface area contributed by atoms with E-state index in [1.807, 2.05) is 20.8 Å². The molecule has 0 aliphatic carbocycles. The van der Waals surface area contributed by atoms with E-state index in [2.05, 4.69) is 13.8 Å². The summed E-state index contributed by atoms with van der Waals surface area (Å²) in [6.45, 7) is 10.3. The van der Waals surface area contributed by atoms with E-state index in [4.69, 9.17) is 10.5 Å². The second kappa shape index (κ2) is 6.11. The van der Waals surface area contributed by atoms with Crippen molar-refractivity contribution < 1.29 is 9.53 Å². The SMILES string of the molecule is CCC(C)(CN)C(=O)OC(C)CC(C)C. The highest BCUT2D eigenvalue weighted by Gasteiger charge is 2.32. The lowest BCUT2D eigenvalue weighted by Gasteiger charge is -2.26. The van der Waals surface area contributed by atoms with Crippen LogP contribution in [0, 0.1) is 11.3 Å². The molecule has 15 heavy (non-hydrogen) atoms. The first-order chi connectivity index (χ1) is 6.85. The molecule has 2 unspecified atom stereocenters. The molecule has 2 atom stereocenters. The molecule has 0 saturated heterocycles. The zero-order chi connectivity index (χ0) is 12.1. The van der Waals surface area contributed by atoms with Crippen molar-refractivity contribution in [3.63, 3.8) is 0 Å². The standard InChI is InChI=1S/C12H25NO2/c1-6-12(5,8-13)11(14)15-10(4)7-9(2)3/h9-10H,6-8,13H2,1-5H3. The molecule has 0 bridgehead atoms. The highest BCUT2D eigenvalue weighted by atomic mass is 16.5. The van der Waals surface area contributed by atoms with E-state index in [9.17, 15) is 4.79 Å². The zero-order valence-electron chi connectivity index (χ0n) is 10.7. The molecule has 0 rings (SSSR count). The lowest BCUT2D eigenvalue weighted by molar-refractivity contribution is -0.160. The summed E-state index contributed by atoms with van der Waals surface area (Å²) in [4.78, 5) is 11.8. The largest absolute Gasteiger partial charge is 0.462 e. The normalized spacial score (nSPS) is 17.3. The predicted molar refractivity (Wildman–Crippen MR) is 62.5 cm³/mol. The van der Waals surface area contributed by atoms with Crippen LogP contribution in [0.25, 0.3) is 0 Å². The molecule has 0 amide bonds. The van der Waals surface area contributed by atoms with Gasteiger partial charge >= 0.3 is 5.97 Å². The van der Waals surface area contributed by atoms with E-state index in [-0.39, 0.29) is 12.1 Å². The fraction of sp³-hybridized carbons (Fsp3) is 0.917. The van der Waals surface area contributed by atoms with Crippen LogP contribution < -0.4 is 5.73 Å². The Morgan fingerprint density at radius 3 is 2.27 bits per heavy atom. The van der Waals surface area contributed by atoms with Gasteiger partial charge < -0.3 is 10.5 Å². The van der Waals surface area contributed by atoms with Crippen molar-refractivity contribution in [3.8, 4) is 0 Å². The van der Waals surface area contributed by atoms with Crippen LogP contribution in [0.1, 0.15) is 47.5 Å². The molecule has 2 N–H and O–H groups in total. The molecule has 0 aliphatic heterocycles. The number of nitrogens with two attached hydrogens (primary N) is 1. The minimum atomic E-state index is -0.523. The molecule has 0 aliphatic rings. The summed E-state index contributed by atoms with van der Waals surface area (Å²) in [5.41, 5.74) is 5.07. The molecule has 0 heterocycles. The molecule has 0 saturated carbocycles. The smallest absolute Gasteiger partial charge is 0.313 e. The van der Waals surface area contributed by atoms with Gasteiger partial charge in [-0.1, -0.05) is 20.8 Å². The maximum Gasteiger partial charge on any atom is 0.313 e. The van der Waals surface area contributed by atoms with Gasteiger partial charge in [0.1, 0.15) is 0 Å². The minimum Gasteiger partial charge on any atom is -0.462 e. The highest BCUT2D eigenvalue weighted by molar-refractivity contribution is 5.76. The quantitative estimate of drug-likeness (QED) is 0.692. The number of hydrogen-bond acceptors (Lipinski definition) is 3. The van der Waals surface area contributed by atoms with Gasteiger partial charge in [-0.15, -0.1) is 0 Å². The van der Waals surface area contributed by atoms with Gasteiger partial charge in [0, 0.05) is 6.54 Å². The predicted octanol–water partition coefficient (Wildman–Crippen LogP) is 2.34. The molecule has 0 fully saturated rings. The van der Waals surface area contributed by atoms with Crippen LogP contribution >= 0.6 is 0 Å². The van der Waals surface area contributed by atoms with Crippen molar-refractivity contribution in [3.05, 3.63) is 0 Å². The molecule has 0 spiro atoms. The van der Waals surface area contributed by atoms with E-state index in [1.165, 1.54) is 0 Å². The Kier molecular flexibility index (Phi) is 5.88. The van der Waals surface area contributed by atoms with E-state index in [0.717, 1.165) is 12.8 Å². The Morgan fingerprint density at radius 2 is 1.93 bits per heavy atom. The van der Waals surface area contributed by atoms with E-state index < -0.39 is 5.41 Å². The van der Waals surface area contributed by atoms with Crippen molar-refractivity contribution in [2.75, 3.05) is 6.54 Å². The first-order valence-electron chi connectivity index (χ1n) is 5.76.